The highest BCUT2D eigenvalue weighted by Gasteiger charge is 2.17. The molecule has 0 unspecified atom stereocenters. The smallest absolute Gasteiger partial charge is 0.0352 e. The minimum atomic E-state index is 0.834. The van der Waals surface area contributed by atoms with Crippen molar-refractivity contribution in [3.05, 3.63) is 29.8 Å². The summed E-state index contributed by atoms with van der Waals surface area (Å²) >= 11 is 0. The predicted molar refractivity (Wildman–Crippen MR) is 74.0 cm³/mol. The van der Waals surface area contributed by atoms with Crippen LogP contribution in [0.2, 0.25) is 0 Å². The second-order valence-electron chi connectivity index (χ2n) is 5.23. The highest BCUT2D eigenvalue weighted by atomic mass is 14.9. The number of terminal acetylenes is 1. The van der Waals surface area contributed by atoms with Gasteiger partial charge in [-0.1, -0.05) is 31.8 Å². The van der Waals surface area contributed by atoms with Gasteiger partial charge in [-0.3, -0.25) is 0 Å². The number of nitrogens with one attached hydrogen (secondary N) is 1. The van der Waals surface area contributed by atoms with Crippen molar-refractivity contribution in [2.75, 3.05) is 11.9 Å². The molecule has 17 heavy (non-hydrogen) atoms. The van der Waals surface area contributed by atoms with Crippen molar-refractivity contribution in [2.45, 2.75) is 32.6 Å². The Labute approximate surface area is 105 Å². The Bertz CT molecular complexity index is 394. The van der Waals surface area contributed by atoms with Gasteiger partial charge in [-0.05, 0) is 42.9 Å². The summed E-state index contributed by atoms with van der Waals surface area (Å²) in [5, 5.41) is 3.51. The summed E-state index contributed by atoms with van der Waals surface area (Å²) in [7, 11) is 0. The molecule has 1 aliphatic rings. The second-order valence-corrected chi connectivity index (χ2v) is 5.23. The van der Waals surface area contributed by atoms with Gasteiger partial charge in [0.2, 0.25) is 0 Å². The van der Waals surface area contributed by atoms with Crippen molar-refractivity contribution >= 4 is 5.69 Å². The average Bonchev–Trinajstić information content (AvgIpc) is 2.38. The number of anilines is 1. The summed E-state index contributed by atoms with van der Waals surface area (Å²) in [4.78, 5) is 0. The fraction of sp³-hybridized carbons (Fsp3) is 0.500. The van der Waals surface area contributed by atoms with Crippen LogP contribution in [-0.4, -0.2) is 6.54 Å². The second kappa shape index (κ2) is 5.77. The zero-order valence-corrected chi connectivity index (χ0v) is 10.6. The lowest BCUT2D eigenvalue weighted by Gasteiger charge is -2.26. The highest BCUT2D eigenvalue weighted by Crippen LogP contribution is 2.28. The Kier molecular flexibility index (Phi) is 4.09. The van der Waals surface area contributed by atoms with Crippen LogP contribution in [0.3, 0.4) is 0 Å². The molecule has 0 amide bonds. The van der Waals surface area contributed by atoms with Crippen LogP contribution in [0.15, 0.2) is 24.3 Å². The third-order valence-electron chi connectivity index (χ3n) is 3.76. The normalized spacial score (nSPS) is 24.0. The number of hydrogen-bond donors (Lipinski definition) is 1. The summed E-state index contributed by atoms with van der Waals surface area (Å²) in [6.07, 6.45) is 10.9. The molecule has 1 aromatic carbocycles. The molecule has 1 fully saturated rings. The molecular weight excluding hydrogens is 206 g/mol. The lowest BCUT2D eigenvalue weighted by Crippen LogP contribution is -2.20. The zero-order valence-electron chi connectivity index (χ0n) is 10.6. The van der Waals surface area contributed by atoms with Gasteiger partial charge in [0, 0.05) is 17.8 Å². The first-order valence-corrected chi connectivity index (χ1v) is 6.58. The molecule has 0 aliphatic heterocycles. The maximum atomic E-state index is 5.40. The summed E-state index contributed by atoms with van der Waals surface area (Å²) in [5.74, 6) is 4.43. The first kappa shape index (κ1) is 12.0. The van der Waals surface area contributed by atoms with Crippen LogP contribution < -0.4 is 5.32 Å². The van der Waals surface area contributed by atoms with Gasteiger partial charge >= 0.3 is 0 Å². The van der Waals surface area contributed by atoms with Crippen molar-refractivity contribution in [1.29, 1.82) is 0 Å². The standard InChI is InChI=1S/C16H21N/c1-3-14-5-4-6-16(11-14)17-12-15-9-7-13(2)8-10-15/h1,4-6,11,13,15,17H,7-10,12H2,2H3. The minimum absolute atomic E-state index is 0.834. The molecular formula is C16H21N. The van der Waals surface area contributed by atoms with Gasteiger partial charge in [0.15, 0.2) is 0 Å². The average molecular weight is 227 g/mol. The molecule has 1 heteroatoms. The Balaban J connectivity index is 1.83. The van der Waals surface area contributed by atoms with Gasteiger partial charge in [0.05, 0.1) is 0 Å². The van der Waals surface area contributed by atoms with E-state index in [-0.39, 0.29) is 0 Å². The van der Waals surface area contributed by atoms with E-state index in [1.54, 1.807) is 0 Å². The monoisotopic (exact) mass is 227 g/mol. The molecule has 0 aromatic heterocycles. The summed E-state index contributed by atoms with van der Waals surface area (Å²) in [5.41, 5.74) is 2.10. The van der Waals surface area contributed by atoms with E-state index < -0.39 is 0 Å². The van der Waals surface area contributed by atoms with Crippen molar-refractivity contribution in [2.24, 2.45) is 11.8 Å². The predicted octanol–water partition coefficient (Wildman–Crippen LogP) is 3.91. The van der Waals surface area contributed by atoms with E-state index in [1.165, 1.54) is 25.7 Å². The highest BCUT2D eigenvalue weighted by molar-refractivity contribution is 5.49. The molecule has 90 valence electrons. The van der Waals surface area contributed by atoms with Crippen LogP contribution in [0.5, 0.6) is 0 Å². The number of hydrogen-bond acceptors (Lipinski definition) is 1. The van der Waals surface area contributed by atoms with E-state index in [2.05, 4.69) is 24.2 Å². The summed E-state index contributed by atoms with van der Waals surface area (Å²) < 4.78 is 0. The molecule has 1 saturated carbocycles. The maximum absolute atomic E-state index is 5.40. The molecule has 1 N–H and O–H groups in total. The Morgan fingerprint density at radius 3 is 2.76 bits per heavy atom. The third-order valence-corrected chi connectivity index (χ3v) is 3.76. The third kappa shape index (κ3) is 3.53. The first-order chi connectivity index (χ1) is 8.28. The Hall–Kier alpha value is -1.42. The first-order valence-electron chi connectivity index (χ1n) is 6.58. The van der Waals surface area contributed by atoms with Gasteiger partial charge < -0.3 is 5.32 Å². The van der Waals surface area contributed by atoms with Crippen molar-refractivity contribution < 1.29 is 0 Å². The van der Waals surface area contributed by atoms with E-state index in [0.717, 1.165) is 29.6 Å². The van der Waals surface area contributed by atoms with Crippen LogP contribution in [0.25, 0.3) is 0 Å². The Morgan fingerprint density at radius 2 is 2.06 bits per heavy atom. The largest absolute Gasteiger partial charge is 0.385 e. The zero-order chi connectivity index (χ0) is 12.1. The lowest BCUT2D eigenvalue weighted by atomic mass is 9.83. The molecule has 0 atom stereocenters. The number of rotatable bonds is 3. The van der Waals surface area contributed by atoms with Crippen LogP contribution in [0, 0.1) is 24.2 Å². The van der Waals surface area contributed by atoms with Crippen LogP contribution in [-0.2, 0) is 0 Å². The maximum Gasteiger partial charge on any atom is 0.0352 e. The van der Waals surface area contributed by atoms with Crippen LogP contribution in [0.4, 0.5) is 5.69 Å². The van der Waals surface area contributed by atoms with Crippen LogP contribution in [0.1, 0.15) is 38.2 Å². The van der Waals surface area contributed by atoms with Crippen molar-refractivity contribution in [3.63, 3.8) is 0 Å². The fourth-order valence-corrected chi connectivity index (χ4v) is 2.51. The van der Waals surface area contributed by atoms with Gasteiger partial charge in [0.25, 0.3) is 0 Å². The van der Waals surface area contributed by atoms with E-state index in [0.29, 0.717) is 0 Å². The molecule has 0 heterocycles. The lowest BCUT2D eigenvalue weighted by molar-refractivity contribution is 0.300. The van der Waals surface area contributed by atoms with Crippen molar-refractivity contribution in [1.82, 2.24) is 0 Å². The van der Waals surface area contributed by atoms with E-state index >= 15 is 0 Å². The molecule has 0 radical (unpaired) electrons. The molecule has 1 aromatic rings. The fourth-order valence-electron chi connectivity index (χ4n) is 2.51. The van der Waals surface area contributed by atoms with Crippen LogP contribution >= 0.6 is 0 Å². The number of benzene rings is 1. The van der Waals surface area contributed by atoms with Gasteiger partial charge in [-0.25, -0.2) is 0 Å². The van der Waals surface area contributed by atoms with Gasteiger partial charge in [0.1, 0.15) is 0 Å². The molecule has 0 bridgehead atoms. The SMILES string of the molecule is C#Cc1cccc(NCC2CCC(C)CC2)c1. The summed E-state index contributed by atoms with van der Waals surface area (Å²) in [6, 6.07) is 8.12. The minimum Gasteiger partial charge on any atom is -0.385 e. The molecule has 2 rings (SSSR count). The van der Waals surface area contributed by atoms with E-state index in [4.69, 9.17) is 6.42 Å². The molecule has 0 saturated heterocycles. The van der Waals surface area contributed by atoms with Gasteiger partial charge in [-0.15, -0.1) is 6.42 Å². The van der Waals surface area contributed by atoms with Gasteiger partial charge in [-0.2, -0.15) is 0 Å². The van der Waals surface area contributed by atoms with Crippen molar-refractivity contribution in [3.8, 4) is 12.3 Å². The van der Waals surface area contributed by atoms with E-state index in [9.17, 15) is 0 Å². The molecule has 1 nitrogen and oxygen atoms in total. The Morgan fingerprint density at radius 1 is 1.29 bits per heavy atom. The topological polar surface area (TPSA) is 12.0 Å². The molecule has 0 spiro atoms. The molecule has 1 aliphatic carbocycles. The quantitative estimate of drug-likeness (QED) is 0.772. The summed E-state index contributed by atoms with van der Waals surface area (Å²) in [6.45, 7) is 3.45. The van der Waals surface area contributed by atoms with E-state index in [1.807, 2.05) is 18.2 Å².